The largest absolute Gasteiger partial charge is 0.396 e. The van der Waals surface area contributed by atoms with E-state index in [2.05, 4.69) is 10.6 Å². The van der Waals surface area contributed by atoms with Crippen molar-refractivity contribution in [1.29, 1.82) is 0 Å². The molecule has 0 bridgehead atoms. The number of hydrogen-bond donors (Lipinski definition) is 12. The molecule has 2 saturated heterocycles. The van der Waals surface area contributed by atoms with Crippen LogP contribution in [-0.4, -0.2) is 171 Å². The van der Waals surface area contributed by atoms with Crippen LogP contribution >= 0.6 is 0 Å². The van der Waals surface area contributed by atoms with Gasteiger partial charge in [0, 0.05) is 31.7 Å². The van der Waals surface area contributed by atoms with Crippen molar-refractivity contribution >= 4 is 5.78 Å². The molecule has 0 radical (unpaired) electrons. The molecule has 14 N–H and O–H groups in total. The maximum Gasteiger partial charge on any atom is 0.187 e. The van der Waals surface area contributed by atoms with Gasteiger partial charge in [0.05, 0.1) is 18.8 Å². The number of likely N-dealkylation sites (N-methyl/N-ethyl adjacent to an activating group) is 1. The fourth-order valence-corrected chi connectivity index (χ4v) is 6.89. The molecule has 4 fully saturated rings. The highest BCUT2D eigenvalue weighted by molar-refractivity contribution is 5.88. The topological polar surface area (TPSA) is 292 Å². The van der Waals surface area contributed by atoms with Gasteiger partial charge >= 0.3 is 0 Å². The molecule has 0 aromatic rings. The van der Waals surface area contributed by atoms with Gasteiger partial charge in [0.15, 0.2) is 18.4 Å². The van der Waals surface area contributed by atoms with E-state index in [0.717, 1.165) is 0 Å². The van der Waals surface area contributed by atoms with Gasteiger partial charge in [-0.3, -0.25) is 4.79 Å². The third-order valence-electron chi connectivity index (χ3n) is 9.55. The molecule has 0 spiro atoms. The molecule has 0 aromatic heterocycles. The predicted molar refractivity (Wildman–Crippen MR) is 154 cm³/mol. The number of Topliss-reactive ketones (excluding diaryl/α,β-unsaturated/α-hetero) is 1. The molecule has 2 aliphatic heterocycles. The van der Waals surface area contributed by atoms with Crippen LogP contribution < -0.4 is 22.1 Å². The summed E-state index contributed by atoms with van der Waals surface area (Å²) < 4.78 is 23.5. The number of nitrogens with two attached hydrogens (primary N) is 2. The second kappa shape index (κ2) is 15.1. The second-order valence-corrected chi connectivity index (χ2v) is 13.3. The Morgan fingerprint density at radius 1 is 0.956 bits per heavy atom. The molecule has 262 valence electrons. The highest BCUT2D eigenvalue weighted by Gasteiger charge is 2.54. The van der Waals surface area contributed by atoms with Gasteiger partial charge in [-0.2, -0.15) is 0 Å². The first-order chi connectivity index (χ1) is 21.1. The molecule has 2 saturated carbocycles. The number of rotatable bonds is 13. The summed E-state index contributed by atoms with van der Waals surface area (Å²) in [6, 6.07) is -2.13. The Morgan fingerprint density at radius 2 is 1.62 bits per heavy atom. The molecule has 0 amide bonds. The van der Waals surface area contributed by atoms with Crippen LogP contribution in [0.1, 0.15) is 39.0 Å². The summed E-state index contributed by atoms with van der Waals surface area (Å²) in [6.07, 6.45) is -13.8. The Kier molecular flexibility index (Phi) is 12.3. The van der Waals surface area contributed by atoms with Crippen molar-refractivity contribution in [3.8, 4) is 0 Å². The van der Waals surface area contributed by atoms with Gasteiger partial charge in [-0.1, -0.05) is 0 Å². The Balaban J connectivity index is 1.53. The molecule has 2 heterocycles. The smallest absolute Gasteiger partial charge is 0.187 e. The first-order valence-corrected chi connectivity index (χ1v) is 15.6. The molecule has 4 rings (SSSR count). The van der Waals surface area contributed by atoms with Crippen LogP contribution in [-0.2, 0) is 23.7 Å². The summed E-state index contributed by atoms with van der Waals surface area (Å²) in [4.78, 5) is 13.2. The number of carbonyl (C=O) groups excluding carboxylic acids is 1. The zero-order chi connectivity index (χ0) is 33.3. The highest BCUT2D eigenvalue weighted by Crippen LogP contribution is 2.39. The molecule has 0 aromatic carbocycles. The molecule has 4 aliphatic rings. The average molecular weight is 653 g/mol. The van der Waals surface area contributed by atoms with Crippen LogP contribution in [0.15, 0.2) is 0 Å². The van der Waals surface area contributed by atoms with E-state index in [1.165, 1.54) is 6.92 Å². The van der Waals surface area contributed by atoms with Crippen molar-refractivity contribution in [3.05, 3.63) is 0 Å². The molecule has 45 heavy (non-hydrogen) atoms. The first-order valence-electron chi connectivity index (χ1n) is 15.6. The van der Waals surface area contributed by atoms with Crippen LogP contribution in [0, 0.1) is 5.92 Å². The van der Waals surface area contributed by atoms with Crippen LogP contribution in [0.25, 0.3) is 0 Å². The summed E-state index contributed by atoms with van der Waals surface area (Å²) in [5.41, 5.74) is 9.19. The molecule has 1 unspecified atom stereocenters. The van der Waals surface area contributed by atoms with E-state index in [1.54, 1.807) is 7.05 Å². The SMILES string of the molecule is CN[C@@H]1[C@@H](O)[C@@H](O[C@H]2[C@H](CC(=O)C3(O)CC(N)C3)C[C@H](N)C(O[C@H]3O[C@H](CNCCCO)[C@@H](O)[C@H](O)[C@H]3O)[C@@H]2O)OC[C@]1(C)O. The monoisotopic (exact) mass is 652 g/mol. The fourth-order valence-electron chi connectivity index (χ4n) is 6.89. The normalized spacial score (nSPS) is 49.0. The summed E-state index contributed by atoms with van der Waals surface area (Å²) >= 11 is 0. The fraction of sp³-hybridized carbons (Fsp3) is 0.964. The van der Waals surface area contributed by atoms with E-state index < -0.39 is 96.4 Å². The van der Waals surface area contributed by atoms with E-state index in [9.17, 15) is 40.5 Å². The Labute approximate surface area is 261 Å². The predicted octanol–water partition coefficient (Wildman–Crippen LogP) is -5.89. The number of carbonyl (C=O) groups is 1. The molecule has 17 heteroatoms. The van der Waals surface area contributed by atoms with Crippen LogP contribution in [0.5, 0.6) is 0 Å². The number of ether oxygens (including phenoxy) is 4. The number of ketones is 1. The second-order valence-electron chi connectivity index (χ2n) is 13.3. The van der Waals surface area contributed by atoms with Gasteiger partial charge in [-0.25, -0.2) is 0 Å². The zero-order valence-electron chi connectivity index (χ0n) is 25.7. The minimum atomic E-state index is -1.72. The van der Waals surface area contributed by atoms with E-state index in [4.69, 9.17) is 35.5 Å². The molecule has 2 aliphatic carbocycles. The number of hydrogen-bond acceptors (Lipinski definition) is 17. The van der Waals surface area contributed by atoms with E-state index in [-0.39, 0.29) is 51.5 Å². The number of nitrogens with one attached hydrogen (secondary N) is 2. The maximum atomic E-state index is 13.2. The average Bonchev–Trinajstić information content (AvgIpc) is 2.96. The standard InChI is InChI=1S/C28H52N4O13/c1-27(40)11-42-25(21(39)24(27)31-2)44-22-12(7-16(34)28(41)8-13(29)9-28)6-14(30)23(20(22)38)45-26-19(37)18(36)17(35)15(43-26)10-32-4-3-5-33/h12-15,17-26,31-33,35-41H,3-11,29-30H2,1-2H3/t12-,13?,14-,15+,17+,18-,19+,20+,21+,22-,23?,24+,25+,26+,27-,28?/m0/s1. The summed E-state index contributed by atoms with van der Waals surface area (Å²) in [6.45, 7) is 1.66. The quantitative estimate of drug-likeness (QED) is 0.0825. The minimum absolute atomic E-state index is 0.0381. The Hall–Kier alpha value is -0.970. The molecular formula is C28H52N4O13. The number of aliphatic hydroxyl groups excluding tert-OH is 6. The van der Waals surface area contributed by atoms with Crippen molar-refractivity contribution in [3.63, 3.8) is 0 Å². The Bertz CT molecular complexity index is 975. The van der Waals surface area contributed by atoms with Crippen LogP contribution in [0.2, 0.25) is 0 Å². The van der Waals surface area contributed by atoms with Crippen molar-refractivity contribution < 1.29 is 64.6 Å². The van der Waals surface area contributed by atoms with Gasteiger partial charge in [0.2, 0.25) is 0 Å². The third kappa shape index (κ3) is 8.02. The van der Waals surface area contributed by atoms with Crippen LogP contribution in [0.3, 0.4) is 0 Å². The number of aliphatic hydroxyl groups is 8. The minimum Gasteiger partial charge on any atom is -0.396 e. The van der Waals surface area contributed by atoms with Gasteiger partial charge in [0.1, 0.15) is 53.9 Å². The lowest BCUT2D eigenvalue weighted by Gasteiger charge is -2.50. The summed E-state index contributed by atoms with van der Waals surface area (Å²) in [5.74, 6) is -1.27. The third-order valence-corrected chi connectivity index (χ3v) is 9.55. The van der Waals surface area contributed by atoms with Crippen molar-refractivity contribution in [1.82, 2.24) is 10.6 Å². The first kappa shape index (κ1) is 36.9. The lowest BCUT2D eigenvalue weighted by atomic mass is 9.69. The van der Waals surface area contributed by atoms with Crippen molar-refractivity contribution in [2.24, 2.45) is 17.4 Å². The molecular weight excluding hydrogens is 600 g/mol. The van der Waals surface area contributed by atoms with Gasteiger partial charge in [-0.15, -0.1) is 0 Å². The molecule has 14 atom stereocenters. The van der Waals surface area contributed by atoms with E-state index in [1.807, 2.05) is 0 Å². The molecule has 17 nitrogen and oxygen atoms in total. The van der Waals surface area contributed by atoms with Crippen molar-refractivity contribution in [2.75, 3.05) is 33.4 Å². The lowest BCUT2D eigenvalue weighted by molar-refractivity contribution is -0.333. The Morgan fingerprint density at radius 3 is 2.24 bits per heavy atom. The highest BCUT2D eigenvalue weighted by atomic mass is 16.7. The zero-order valence-corrected chi connectivity index (χ0v) is 25.7. The van der Waals surface area contributed by atoms with Gasteiger partial charge in [-0.05, 0) is 52.1 Å². The van der Waals surface area contributed by atoms with Gasteiger partial charge in [0.25, 0.3) is 0 Å². The van der Waals surface area contributed by atoms with Gasteiger partial charge < -0.3 is 81.9 Å². The van der Waals surface area contributed by atoms with Crippen molar-refractivity contribution in [2.45, 2.75) is 130 Å². The van der Waals surface area contributed by atoms with E-state index in [0.29, 0.717) is 13.0 Å². The summed E-state index contributed by atoms with van der Waals surface area (Å²) in [5, 5.41) is 90.5. The van der Waals surface area contributed by atoms with Crippen LogP contribution in [0.4, 0.5) is 0 Å². The lowest BCUT2D eigenvalue weighted by Crippen LogP contribution is -2.68. The van der Waals surface area contributed by atoms with E-state index >= 15 is 0 Å². The maximum absolute atomic E-state index is 13.2. The summed E-state index contributed by atoms with van der Waals surface area (Å²) in [7, 11) is 1.55.